The van der Waals surface area contributed by atoms with E-state index in [1.165, 1.54) is 0 Å². The highest BCUT2D eigenvalue weighted by Gasteiger charge is 2.38. The average molecular weight is 455 g/mol. The fourth-order valence-corrected chi connectivity index (χ4v) is 4.23. The van der Waals surface area contributed by atoms with Gasteiger partial charge in [0.05, 0.1) is 23.3 Å². The first-order valence-corrected chi connectivity index (χ1v) is 11.9. The maximum absolute atomic E-state index is 12.9. The topological polar surface area (TPSA) is 98.7 Å². The average Bonchev–Trinajstić information content (AvgIpc) is 2.86. The molecule has 0 aliphatic rings. The SMILES string of the molecule is CCC(O)(CC)C(NC(=O)CC(=O)NC(c1ccccc1)C(O)(CC)CC)c1ccccc1. The van der Waals surface area contributed by atoms with Crippen LogP contribution in [-0.4, -0.2) is 33.2 Å². The van der Waals surface area contributed by atoms with Crippen molar-refractivity contribution in [1.29, 1.82) is 0 Å². The first-order chi connectivity index (χ1) is 15.7. The molecule has 0 spiro atoms. The highest BCUT2D eigenvalue weighted by atomic mass is 16.3. The molecule has 6 heteroatoms. The van der Waals surface area contributed by atoms with E-state index >= 15 is 0 Å². The molecular weight excluding hydrogens is 416 g/mol. The fraction of sp³-hybridized carbons (Fsp3) is 0.481. The number of hydrogen-bond donors (Lipinski definition) is 4. The van der Waals surface area contributed by atoms with Gasteiger partial charge < -0.3 is 20.8 Å². The normalized spacial score (nSPS) is 13.8. The maximum atomic E-state index is 12.9. The molecule has 6 nitrogen and oxygen atoms in total. The first kappa shape index (κ1) is 26.6. The van der Waals surface area contributed by atoms with E-state index in [9.17, 15) is 19.8 Å². The molecule has 4 N–H and O–H groups in total. The zero-order chi connectivity index (χ0) is 24.5. The lowest BCUT2D eigenvalue weighted by molar-refractivity contribution is -0.133. The van der Waals surface area contributed by atoms with Gasteiger partial charge in [0, 0.05) is 0 Å². The number of carbonyl (C=O) groups excluding carboxylic acids is 2. The lowest BCUT2D eigenvalue weighted by Crippen LogP contribution is -2.48. The number of amides is 2. The summed E-state index contributed by atoms with van der Waals surface area (Å²) in [5.41, 5.74) is -0.702. The van der Waals surface area contributed by atoms with E-state index in [4.69, 9.17) is 0 Å². The summed E-state index contributed by atoms with van der Waals surface area (Å²) in [6, 6.07) is 17.3. The second kappa shape index (κ2) is 12.0. The Morgan fingerprint density at radius 3 is 1.24 bits per heavy atom. The fourth-order valence-electron chi connectivity index (χ4n) is 4.23. The number of hydrogen-bond acceptors (Lipinski definition) is 4. The quantitative estimate of drug-likeness (QED) is 0.361. The van der Waals surface area contributed by atoms with E-state index in [1.54, 1.807) is 0 Å². The molecule has 0 bridgehead atoms. The third-order valence-corrected chi connectivity index (χ3v) is 6.72. The van der Waals surface area contributed by atoms with Crippen LogP contribution in [0.3, 0.4) is 0 Å². The molecule has 0 radical (unpaired) electrons. The number of nitrogens with one attached hydrogen (secondary N) is 2. The molecule has 0 saturated carbocycles. The number of benzene rings is 2. The molecule has 0 fully saturated rings. The highest BCUT2D eigenvalue weighted by Crippen LogP contribution is 2.33. The smallest absolute Gasteiger partial charge is 0.230 e. The van der Waals surface area contributed by atoms with E-state index < -0.39 is 41.5 Å². The third kappa shape index (κ3) is 6.65. The van der Waals surface area contributed by atoms with Crippen LogP contribution in [0.1, 0.15) is 83.0 Å². The van der Waals surface area contributed by atoms with Crippen LogP contribution in [-0.2, 0) is 9.59 Å². The molecule has 2 aromatic rings. The second-order valence-corrected chi connectivity index (χ2v) is 8.62. The third-order valence-electron chi connectivity index (χ3n) is 6.72. The van der Waals surface area contributed by atoms with Gasteiger partial charge in [0.2, 0.25) is 11.8 Å². The Labute approximate surface area is 197 Å². The molecule has 180 valence electrons. The van der Waals surface area contributed by atoms with Crippen molar-refractivity contribution in [3.05, 3.63) is 71.8 Å². The number of carbonyl (C=O) groups is 2. The lowest BCUT2D eigenvalue weighted by Gasteiger charge is -2.36. The van der Waals surface area contributed by atoms with Gasteiger partial charge in [-0.1, -0.05) is 88.4 Å². The Bertz CT molecular complexity index is 804. The first-order valence-electron chi connectivity index (χ1n) is 11.9. The number of rotatable bonds is 12. The monoisotopic (exact) mass is 454 g/mol. The summed E-state index contributed by atoms with van der Waals surface area (Å²) in [6.45, 7) is 7.50. The summed E-state index contributed by atoms with van der Waals surface area (Å²) >= 11 is 0. The summed E-state index contributed by atoms with van der Waals surface area (Å²) in [5, 5.41) is 28.0. The van der Waals surface area contributed by atoms with Crippen molar-refractivity contribution in [2.75, 3.05) is 0 Å². The largest absolute Gasteiger partial charge is 0.387 e. The maximum Gasteiger partial charge on any atom is 0.230 e. The standard InChI is InChI=1S/C27H38N2O4/c1-5-26(32,6-2)24(20-15-11-9-12-16-20)28-22(30)19-23(31)29-25(27(33,7-3)8-4)21-17-13-10-14-18-21/h9-18,24-25,32-33H,5-8,19H2,1-4H3,(H,28,30)(H,29,31). The lowest BCUT2D eigenvalue weighted by atomic mass is 9.83. The molecule has 2 amide bonds. The Hall–Kier alpha value is -2.70. The van der Waals surface area contributed by atoms with Crippen molar-refractivity contribution < 1.29 is 19.8 Å². The molecule has 33 heavy (non-hydrogen) atoms. The zero-order valence-electron chi connectivity index (χ0n) is 20.2. The van der Waals surface area contributed by atoms with E-state index in [-0.39, 0.29) is 0 Å². The minimum atomic E-state index is -1.13. The van der Waals surface area contributed by atoms with Gasteiger partial charge in [-0.05, 0) is 36.8 Å². The second-order valence-electron chi connectivity index (χ2n) is 8.62. The summed E-state index contributed by atoms with van der Waals surface area (Å²) < 4.78 is 0. The van der Waals surface area contributed by atoms with Crippen LogP contribution in [0.15, 0.2) is 60.7 Å². The van der Waals surface area contributed by atoms with Gasteiger partial charge in [-0.15, -0.1) is 0 Å². The summed E-state index contributed by atoms with van der Waals surface area (Å²) in [4.78, 5) is 25.8. The molecule has 2 atom stereocenters. The summed E-state index contributed by atoms with van der Waals surface area (Å²) in [7, 11) is 0. The van der Waals surface area contributed by atoms with Crippen molar-refractivity contribution in [3.8, 4) is 0 Å². The number of aliphatic hydroxyl groups is 2. The summed E-state index contributed by atoms with van der Waals surface area (Å²) in [5.74, 6) is -0.963. The Morgan fingerprint density at radius 2 is 0.970 bits per heavy atom. The Morgan fingerprint density at radius 1 is 0.667 bits per heavy atom. The van der Waals surface area contributed by atoms with Gasteiger partial charge in [0.1, 0.15) is 6.42 Å². The zero-order valence-corrected chi connectivity index (χ0v) is 20.2. The molecule has 0 heterocycles. The molecule has 0 saturated heterocycles. The van der Waals surface area contributed by atoms with E-state index in [1.807, 2.05) is 88.4 Å². The summed E-state index contributed by atoms with van der Waals surface area (Å²) in [6.07, 6.45) is 1.40. The van der Waals surface area contributed by atoms with Crippen LogP contribution < -0.4 is 10.6 Å². The molecule has 0 aromatic heterocycles. The van der Waals surface area contributed by atoms with Crippen molar-refractivity contribution in [3.63, 3.8) is 0 Å². The Kier molecular flexibility index (Phi) is 9.62. The van der Waals surface area contributed by atoms with E-state index in [2.05, 4.69) is 10.6 Å². The van der Waals surface area contributed by atoms with Crippen LogP contribution in [0.2, 0.25) is 0 Å². The van der Waals surface area contributed by atoms with Gasteiger partial charge >= 0.3 is 0 Å². The van der Waals surface area contributed by atoms with E-state index in [0.29, 0.717) is 25.7 Å². The van der Waals surface area contributed by atoms with Crippen LogP contribution in [0, 0.1) is 0 Å². The molecule has 0 aliphatic carbocycles. The van der Waals surface area contributed by atoms with Crippen molar-refractivity contribution in [2.24, 2.45) is 0 Å². The molecule has 2 rings (SSSR count). The minimum absolute atomic E-state index is 0.403. The minimum Gasteiger partial charge on any atom is -0.387 e. The van der Waals surface area contributed by atoms with Crippen LogP contribution in [0.4, 0.5) is 0 Å². The van der Waals surface area contributed by atoms with Crippen LogP contribution >= 0.6 is 0 Å². The van der Waals surface area contributed by atoms with Crippen molar-refractivity contribution in [1.82, 2.24) is 10.6 Å². The van der Waals surface area contributed by atoms with Crippen LogP contribution in [0.5, 0.6) is 0 Å². The molecule has 0 aliphatic heterocycles. The predicted molar refractivity (Wildman–Crippen MR) is 130 cm³/mol. The van der Waals surface area contributed by atoms with Gasteiger partial charge in [-0.3, -0.25) is 9.59 Å². The van der Waals surface area contributed by atoms with Gasteiger partial charge in [-0.2, -0.15) is 0 Å². The molecular formula is C27H38N2O4. The van der Waals surface area contributed by atoms with E-state index in [0.717, 1.165) is 11.1 Å². The molecule has 2 unspecified atom stereocenters. The van der Waals surface area contributed by atoms with Crippen molar-refractivity contribution >= 4 is 11.8 Å². The van der Waals surface area contributed by atoms with Crippen LogP contribution in [0.25, 0.3) is 0 Å². The van der Waals surface area contributed by atoms with Crippen molar-refractivity contribution in [2.45, 2.75) is 83.1 Å². The predicted octanol–water partition coefficient (Wildman–Crippen LogP) is 4.19. The van der Waals surface area contributed by atoms with Gasteiger partial charge in [0.15, 0.2) is 0 Å². The van der Waals surface area contributed by atoms with Gasteiger partial charge in [-0.25, -0.2) is 0 Å². The van der Waals surface area contributed by atoms with Gasteiger partial charge in [0.25, 0.3) is 0 Å². The highest BCUT2D eigenvalue weighted by molar-refractivity contribution is 5.97. The molecule has 2 aromatic carbocycles. The Balaban J connectivity index is 2.19.